The van der Waals surface area contributed by atoms with Gasteiger partial charge in [0.1, 0.15) is 0 Å². The van der Waals surface area contributed by atoms with Gasteiger partial charge < -0.3 is 4.57 Å². The second-order valence-corrected chi connectivity index (χ2v) is 8.58. The predicted molar refractivity (Wildman–Crippen MR) is 107 cm³/mol. The van der Waals surface area contributed by atoms with Gasteiger partial charge >= 0.3 is 0 Å². The summed E-state index contributed by atoms with van der Waals surface area (Å²) in [6.45, 7) is 2.08. The molecule has 0 aliphatic carbocycles. The first-order valence-corrected chi connectivity index (χ1v) is 10.3. The minimum atomic E-state index is -3.20. The van der Waals surface area contributed by atoms with Gasteiger partial charge in [-0.1, -0.05) is 42.0 Å². The smallest absolute Gasteiger partial charge is 0.175 e. The van der Waals surface area contributed by atoms with Gasteiger partial charge in [0.15, 0.2) is 9.84 Å². The van der Waals surface area contributed by atoms with Crippen molar-refractivity contribution >= 4 is 20.7 Å². The summed E-state index contributed by atoms with van der Waals surface area (Å²) in [6.07, 6.45) is 1.23. The lowest BCUT2D eigenvalue weighted by atomic mass is 10.1. The summed E-state index contributed by atoms with van der Waals surface area (Å²) in [6, 6.07) is 25.8. The van der Waals surface area contributed by atoms with E-state index in [1.807, 2.05) is 30.3 Å². The third-order valence-electron chi connectivity index (χ3n) is 4.55. The minimum absolute atomic E-state index is 0.333. The molecule has 0 radical (unpaired) electrons. The molecule has 3 nitrogen and oxygen atoms in total. The lowest BCUT2D eigenvalue weighted by molar-refractivity contribution is 0.602. The molecule has 0 saturated carbocycles. The van der Waals surface area contributed by atoms with Crippen LogP contribution < -0.4 is 0 Å². The quantitative estimate of drug-likeness (QED) is 0.514. The van der Waals surface area contributed by atoms with Gasteiger partial charge in [-0.2, -0.15) is 0 Å². The van der Waals surface area contributed by atoms with Crippen LogP contribution in [0.3, 0.4) is 0 Å². The van der Waals surface area contributed by atoms with Crippen LogP contribution in [0, 0.1) is 6.92 Å². The lowest BCUT2D eigenvalue weighted by Crippen LogP contribution is -1.98. The number of nitrogens with zero attached hydrogens (tertiary/aromatic N) is 1. The van der Waals surface area contributed by atoms with Crippen LogP contribution in [-0.2, 0) is 9.84 Å². The predicted octanol–water partition coefficient (Wildman–Crippen LogP) is 5.01. The first-order chi connectivity index (χ1) is 12.4. The largest absolute Gasteiger partial charge is 0.309 e. The van der Waals surface area contributed by atoms with Gasteiger partial charge in [0.05, 0.1) is 16.1 Å². The zero-order chi connectivity index (χ0) is 18.3. The molecule has 130 valence electrons. The Morgan fingerprint density at radius 3 is 2.15 bits per heavy atom. The summed E-state index contributed by atoms with van der Waals surface area (Å²) in [7, 11) is -3.20. The summed E-state index contributed by atoms with van der Waals surface area (Å²) < 4.78 is 25.7. The van der Waals surface area contributed by atoms with Crippen molar-refractivity contribution in [2.75, 3.05) is 6.26 Å². The van der Waals surface area contributed by atoms with E-state index in [1.54, 1.807) is 12.1 Å². The Kier molecular flexibility index (Phi) is 3.93. The molecular formula is C22H19NO2S. The fourth-order valence-corrected chi connectivity index (χ4v) is 3.91. The van der Waals surface area contributed by atoms with E-state index < -0.39 is 9.84 Å². The molecule has 0 atom stereocenters. The molecule has 0 fully saturated rings. The standard InChI is InChI=1S/C22H19NO2S/c1-16-8-13-21-18(14-16)15-22(23(21)19-6-4-3-5-7-19)17-9-11-20(12-10-17)26(2,24)25/h3-15H,1-2H3. The van der Waals surface area contributed by atoms with Crippen LogP contribution in [0.5, 0.6) is 0 Å². The van der Waals surface area contributed by atoms with Crippen molar-refractivity contribution in [2.24, 2.45) is 0 Å². The van der Waals surface area contributed by atoms with E-state index in [9.17, 15) is 8.42 Å². The first-order valence-electron chi connectivity index (χ1n) is 8.41. The molecule has 0 aliphatic heterocycles. The number of sulfone groups is 1. The van der Waals surface area contributed by atoms with Crippen LogP contribution in [0.2, 0.25) is 0 Å². The SMILES string of the molecule is Cc1ccc2c(c1)cc(-c1ccc(S(C)(=O)=O)cc1)n2-c1ccccc1. The minimum Gasteiger partial charge on any atom is -0.309 e. The molecule has 0 unspecified atom stereocenters. The van der Waals surface area contributed by atoms with Crippen LogP contribution >= 0.6 is 0 Å². The third-order valence-corrected chi connectivity index (χ3v) is 5.68. The van der Waals surface area contributed by atoms with Gasteiger partial charge in [-0.15, -0.1) is 0 Å². The number of aromatic nitrogens is 1. The monoisotopic (exact) mass is 361 g/mol. The summed E-state index contributed by atoms with van der Waals surface area (Å²) in [5, 5.41) is 1.16. The number of aryl methyl sites for hydroxylation is 1. The van der Waals surface area contributed by atoms with E-state index in [1.165, 1.54) is 11.8 Å². The Bertz CT molecular complexity index is 1190. The second kappa shape index (κ2) is 6.15. The van der Waals surface area contributed by atoms with Crippen molar-refractivity contribution < 1.29 is 8.42 Å². The van der Waals surface area contributed by atoms with Crippen LogP contribution in [0.25, 0.3) is 27.8 Å². The van der Waals surface area contributed by atoms with Crippen molar-refractivity contribution in [3.05, 3.63) is 84.4 Å². The fourth-order valence-electron chi connectivity index (χ4n) is 3.28. The van der Waals surface area contributed by atoms with E-state index in [2.05, 4.69) is 47.9 Å². The molecule has 0 aliphatic rings. The van der Waals surface area contributed by atoms with Gasteiger partial charge in [-0.05, 0) is 55.0 Å². The third kappa shape index (κ3) is 2.93. The highest BCUT2D eigenvalue weighted by Crippen LogP contribution is 2.32. The Morgan fingerprint density at radius 2 is 1.50 bits per heavy atom. The highest BCUT2D eigenvalue weighted by atomic mass is 32.2. The Hall–Kier alpha value is -2.85. The van der Waals surface area contributed by atoms with E-state index in [0.717, 1.165) is 27.8 Å². The van der Waals surface area contributed by atoms with Crippen molar-refractivity contribution in [3.8, 4) is 16.9 Å². The lowest BCUT2D eigenvalue weighted by Gasteiger charge is -2.11. The topological polar surface area (TPSA) is 39.1 Å². The number of fused-ring (bicyclic) bond motifs is 1. The Morgan fingerprint density at radius 1 is 0.808 bits per heavy atom. The van der Waals surface area contributed by atoms with Crippen molar-refractivity contribution in [3.63, 3.8) is 0 Å². The van der Waals surface area contributed by atoms with Crippen molar-refractivity contribution in [1.29, 1.82) is 0 Å². The number of benzene rings is 3. The van der Waals surface area contributed by atoms with E-state index in [0.29, 0.717) is 4.90 Å². The second-order valence-electron chi connectivity index (χ2n) is 6.56. The molecule has 0 saturated heterocycles. The highest BCUT2D eigenvalue weighted by molar-refractivity contribution is 7.90. The molecule has 0 N–H and O–H groups in total. The highest BCUT2D eigenvalue weighted by Gasteiger charge is 2.14. The molecule has 4 aromatic rings. The molecule has 0 bridgehead atoms. The molecule has 26 heavy (non-hydrogen) atoms. The average Bonchev–Trinajstić information content (AvgIpc) is 3.00. The molecular weight excluding hydrogens is 342 g/mol. The van der Waals surface area contributed by atoms with Crippen LogP contribution in [0.4, 0.5) is 0 Å². The van der Waals surface area contributed by atoms with Gasteiger partial charge in [0.2, 0.25) is 0 Å². The van der Waals surface area contributed by atoms with Gasteiger partial charge in [-0.25, -0.2) is 8.42 Å². The van der Waals surface area contributed by atoms with Crippen LogP contribution in [-0.4, -0.2) is 19.2 Å². The van der Waals surface area contributed by atoms with E-state index in [-0.39, 0.29) is 0 Å². The van der Waals surface area contributed by atoms with Gasteiger partial charge in [0, 0.05) is 17.3 Å². The number of hydrogen-bond acceptors (Lipinski definition) is 2. The Labute approximate surface area is 153 Å². The van der Waals surface area contributed by atoms with E-state index in [4.69, 9.17) is 0 Å². The zero-order valence-corrected chi connectivity index (χ0v) is 15.5. The number of hydrogen-bond donors (Lipinski definition) is 0. The van der Waals surface area contributed by atoms with Crippen LogP contribution in [0.1, 0.15) is 5.56 Å². The molecule has 0 amide bonds. The Balaban J connectivity index is 1.97. The maximum Gasteiger partial charge on any atom is 0.175 e. The fraction of sp³-hybridized carbons (Fsp3) is 0.0909. The maximum absolute atomic E-state index is 11.7. The van der Waals surface area contributed by atoms with Gasteiger partial charge in [-0.3, -0.25) is 0 Å². The van der Waals surface area contributed by atoms with Crippen LogP contribution in [0.15, 0.2) is 83.8 Å². The summed E-state index contributed by atoms with van der Waals surface area (Å²) >= 11 is 0. The first kappa shape index (κ1) is 16.6. The van der Waals surface area contributed by atoms with E-state index >= 15 is 0 Å². The average molecular weight is 361 g/mol. The zero-order valence-electron chi connectivity index (χ0n) is 14.7. The molecule has 1 heterocycles. The summed E-state index contributed by atoms with van der Waals surface area (Å²) in [5.41, 5.74) is 5.44. The van der Waals surface area contributed by atoms with Crippen molar-refractivity contribution in [2.45, 2.75) is 11.8 Å². The summed E-state index contributed by atoms with van der Waals surface area (Å²) in [4.78, 5) is 0.333. The molecule has 3 aromatic carbocycles. The summed E-state index contributed by atoms with van der Waals surface area (Å²) in [5.74, 6) is 0. The molecule has 0 spiro atoms. The molecule has 4 rings (SSSR count). The molecule has 1 aromatic heterocycles. The molecule has 4 heteroatoms. The number of rotatable bonds is 3. The van der Waals surface area contributed by atoms with Crippen molar-refractivity contribution in [1.82, 2.24) is 4.57 Å². The maximum atomic E-state index is 11.7. The normalized spacial score (nSPS) is 11.8. The van der Waals surface area contributed by atoms with Gasteiger partial charge in [0.25, 0.3) is 0 Å². The number of para-hydroxylation sites is 1.